The standard InChI is InChI=1S/C21H18F3N3O4S/c1-13-18(14-5-3-2-4-6-14)20(13,19(28)29)26-32(30,31)17-9-7-16(8-10-17)27-12-15(11-25-27)21(22,23)24/h2-13,18,26H,1H3,(H,28,29)/t13-,18?,20-/m0/s1. The lowest BCUT2D eigenvalue weighted by Gasteiger charge is -2.16. The maximum absolute atomic E-state index is 13.0. The van der Waals surface area contributed by atoms with Crippen molar-refractivity contribution in [3.63, 3.8) is 0 Å². The van der Waals surface area contributed by atoms with Gasteiger partial charge in [-0.15, -0.1) is 0 Å². The molecule has 1 aliphatic rings. The maximum Gasteiger partial charge on any atom is 0.419 e. The van der Waals surface area contributed by atoms with Crippen LogP contribution in [0.2, 0.25) is 0 Å². The molecule has 3 atom stereocenters. The third-order valence-corrected chi connectivity index (χ3v) is 7.24. The van der Waals surface area contributed by atoms with Gasteiger partial charge < -0.3 is 5.11 Å². The largest absolute Gasteiger partial charge is 0.480 e. The first-order chi connectivity index (χ1) is 15.0. The smallest absolute Gasteiger partial charge is 0.419 e. The molecule has 0 bridgehead atoms. The van der Waals surface area contributed by atoms with Crippen LogP contribution in [-0.2, 0) is 21.0 Å². The SMILES string of the molecule is C[C@H]1C(c2ccccc2)[C@]1(NS(=O)(=O)c1ccc(-n2cc(C(F)(F)F)cn2)cc1)C(=O)O. The molecule has 1 unspecified atom stereocenters. The topological polar surface area (TPSA) is 101 Å². The van der Waals surface area contributed by atoms with Crippen molar-refractivity contribution in [2.24, 2.45) is 5.92 Å². The molecule has 32 heavy (non-hydrogen) atoms. The predicted molar refractivity (Wildman–Crippen MR) is 108 cm³/mol. The normalized spacial score (nSPS) is 23.1. The number of alkyl halides is 3. The van der Waals surface area contributed by atoms with Gasteiger partial charge in [0, 0.05) is 12.1 Å². The van der Waals surface area contributed by atoms with Crippen LogP contribution in [0.4, 0.5) is 13.2 Å². The van der Waals surface area contributed by atoms with E-state index in [-0.39, 0.29) is 10.6 Å². The highest BCUT2D eigenvalue weighted by Crippen LogP contribution is 2.58. The third kappa shape index (κ3) is 3.67. The predicted octanol–water partition coefficient (Wildman–Crippen LogP) is 3.43. The van der Waals surface area contributed by atoms with Gasteiger partial charge in [0.2, 0.25) is 10.0 Å². The van der Waals surface area contributed by atoms with E-state index in [0.717, 1.165) is 10.9 Å². The van der Waals surface area contributed by atoms with E-state index >= 15 is 0 Å². The second kappa shape index (κ2) is 7.45. The van der Waals surface area contributed by atoms with Crippen molar-refractivity contribution in [1.82, 2.24) is 14.5 Å². The number of nitrogens with one attached hydrogen (secondary N) is 1. The molecule has 1 fully saturated rings. The molecule has 3 aromatic rings. The van der Waals surface area contributed by atoms with Gasteiger partial charge in [-0.05, 0) is 35.7 Å². The van der Waals surface area contributed by atoms with E-state index in [1.54, 1.807) is 37.3 Å². The molecule has 0 spiro atoms. The van der Waals surface area contributed by atoms with Crippen LogP contribution in [0.25, 0.3) is 5.69 Å². The van der Waals surface area contributed by atoms with E-state index in [1.165, 1.54) is 24.3 Å². The number of carboxylic acid groups (broad SMARTS) is 1. The van der Waals surface area contributed by atoms with Crippen molar-refractivity contribution in [3.05, 3.63) is 78.1 Å². The molecule has 0 aliphatic heterocycles. The van der Waals surface area contributed by atoms with Gasteiger partial charge in [-0.2, -0.15) is 23.0 Å². The van der Waals surface area contributed by atoms with Crippen molar-refractivity contribution in [1.29, 1.82) is 0 Å². The Hall–Kier alpha value is -3.18. The lowest BCUT2D eigenvalue weighted by Crippen LogP contribution is -2.45. The molecule has 2 N–H and O–H groups in total. The van der Waals surface area contributed by atoms with Crippen LogP contribution in [-0.4, -0.2) is 34.8 Å². The molecule has 168 valence electrons. The van der Waals surface area contributed by atoms with E-state index in [4.69, 9.17) is 0 Å². The number of carboxylic acids is 1. The summed E-state index contributed by atoms with van der Waals surface area (Å²) in [7, 11) is -4.23. The summed E-state index contributed by atoms with van der Waals surface area (Å²) in [6, 6.07) is 13.7. The zero-order valence-electron chi connectivity index (χ0n) is 16.6. The Morgan fingerprint density at radius 1 is 1.12 bits per heavy atom. The molecule has 2 aromatic carbocycles. The van der Waals surface area contributed by atoms with Gasteiger partial charge in [0.15, 0.2) is 0 Å². The number of rotatable bonds is 6. The molecule has 1 saturated carbocycles. The highest BCUT2D eigenvalue weighted by molar-refractivity contribution is 7.89. The quantitative estimate of drug-likeness (QED) is 0.581. The summed E-state index contributed by atoms with van der Waals surface area (Å²) in [6.07, 6.45) is -3.09. The lowest BCUT2D eigenvalue weighted by atomic mass is 10.1. The molecule has 7 nitrogen and oxygen atoms in total. The van der Waals surface area contributed by atoms with Crippen LogP contribution >= 0.6 is 0 Å². The van der Waals surface area contributed by atoms with Crippen LogP contribution in [0.3, 0.4) is 0 Å². The van der Waals surface area contributed by atoms with Crippen LogP contribution in [0, 0.1) is 5.92 Å². The first-order valence-electron chi connectivity index (χ1n) is 9.51. The van der Waals surface area contributed by atoms with Crippen LogP contribution in [0.5, 0.6) is 0 Å². The summed E-state index contributed by atoms with van der Waals surface area (Å²) < 4.78 is 67.5. The molecular formula is C21H18F3N3O4S. The third-order valence-electron chi connectivity index (χ3n) is 5.74. The molecule has 1 heterocycles. The lowest BCUT2D eigenvalue weighted by molar-refractivity contribution is -0.140. The molecule has 1 aliphatic carbocycles. The summed E-state index contributed by atoms with van der Waals surface area (Å²) in [4.78, 5) is 11.9. The Bertz CT molecular complexity index is 1260. The Morgan fingerprint density at radius 2 is 1.75 bits per heavy atom. The van der Waals surface area contributed by atoms with E-state index in [2.05, 4.69) is 9.82 Å². The fraction of sp³-hybridized carbons (Fsp3) is 0.238. The van der Waals surface area contributed by atoms with Gasteiger partial charge in [-0.3, -0.25) is 4.79 Å². The molecule has 0 amide bonds. The fourth-order valence-corrected chi connectivity index (χ4v) is 5.43. The van der Waals surface area contributed by atoms with Crippen molar-refractivity contribution < 1.29 is 31.5 Å². The molecular weight excluding hydrogens is 447 g/mol. The number of benzene rings is 2. The Kier molecular flexibility index (Phi) is 5.13. The maximum atomic E-state index is 13.0. The summed E-state index contributed by atoms with van der Waals surface area (Å²) in [5.74, 6) is -2.31. The van der Waals surface area contributed by atoms with Gasteiger partial charge in [-0.1, -0.05) is 37.3 Å². The van der Waals surface area contributed by atoms with E-state index in [9.17, 15) is 31.5 Å². The van der Waals surface area contributed by atoms with Gasteiger partial charge in [0.25, 0.3) is 0 Å². The molecule has 0 radical (unpaired) electrons. The first kappa shape index (κ1) is 22.0. The van der Waals surface area contributed by atoms with Crippen molar-refractivity contribution in [2.45, 2.75) is 29.5 Å². The van der Waals surface area contributed by atoms with E-state index in [1.807, 2.05) is 0 Å². The van der Waals surface area contributed by atoms with Gasteiger partial charge in [0.1, 0.15) is 5.54 Å². The Labute approximate surface area is 181 Å². The number of aliphatic carboxylic acids is 1. The van der Waals surface area contributed by atoms with Crippen molar-refractivity contribution >= 4 is 16.0 Å². The minimum absolute atomic E-state index is 0.212. The molecule has 11 heteroatoms. The zero-order chi connectivity index (χ0) is 23.3. The van der Waals surface area contributed by atoms with Gasteiger partial charge in [-0.25, -0.2) is 13.1 Å². The summed E-state index contributed by atoms with van der Waals surface area (Å²) >= 11 is 0. The second-order valence-electron chi connectivity index (χ2n) is 7.62. The zero-order valence-corrected chi connectivity index (χ0v) is 17.4. The number of nitrogens with zero attached hydrogens (tertiary/aromatic N) is 2. The van der Waals surface area contributed by atoms with Crippen molar-refractivity contribution in [3.8, 4) is 5.69 Å². The van der Waals surface area contributed by atoms with E-state index in [0.29, 0.717) is 11.8 Å². The molecule has 4 rings (SSSR count). The molecule has 0 saturated heterocycles. The molecule has 1 aromatic heterocycles. The number of aromatic nitrogens is 2. The minimum atomic E-state index is -4.55. The number of halogens is 3. The number of sulfonamides is 1. The average molecular weight is 465 g/mol. The number of hydrogen-bond acceptors (Lipinski definition) is 4. The summed E-state index contributed by atoms with van der Waals surface area (Å²) in [6.45, 7) is 1.66. The Balaban J connectivity index is 1.60. The Morgan fingerprint density at radius 3 is 2.28 bits per heavy atom. The second-order valence-corrected chi connectivity index (χ2v) is 9.30. The monoisotopic (exact) mass is 465 g/mol. The number of hydrogen-bond donors (Lipinski definition) is 2. The van der Waals surface area contributed by atoms with Crippen LogP contribution in [0.1, 0.15) is 24.0 Å². The first-order valence-corrected chi connectivity index (χ1v) is 11.0. The highest BCUT2D eigenvalue weighted by Gasteiger charge is 2.70. The minimum Gasteiger partial charge on any atom is -0.480 e. The average Bonchev–Trinajstić information content (AvgIpc) is 3.09. The van der Waals surface area contributed by atoms with Crippen LogP contribution < -0.4 is 4.72 Å². The highest BCUT2D eigenvalue weighted by atomic mass is 32.2. The van der Waals surface area contributed by atoms with Crippen molar-refractivity contribution in [2.75, 3.05) is 0 Å². The van der Waals surface area contributed by atoms with Crippen LogP contribution in [0.15, 0.2) is 71.9 Å². The number of carbonyl (C=O) groups is 1. The van der Waals surface area contributed by atoms with Gasteiger partial charge in [0.05, 0.1) is 22.3 Å². The van der Waals surface area contributed by atoms with E-state index < -0.39 is 45.1 Å². The summed E-state index contributed by atoms with van der Waals surface area (Å²) in [5, 5.41) is 13.5. The summed E-state index contributed by atoms with van der Waals surface area (Å²) in [5.41, 5.74) is -1.70. The van der Waals surface area contributed by atoms with Gasteiger partial charge >= 0.3 is 12.1 Å². The fourth-order valence-electron chi connectivity index (χ4n) is 3.97.